The minimum absolute atomic E-state index is 0.0497. The monoisotopic (exact) mass is 259 g/mol. The molecule has 0 spiro atoms. The summed E-state index contributed by atoms with van der Waals surface area (Å²) in [5.41, 5.74) is 0.911. The number of aliphatic hydroxyl groups excluding tert-OH is 1. The first-order chi connectivity index (χ1) is 7.70. The largest absolute Gasteiger partial charge is 0.394 e. The van der Waals surface area contributed by atoms with E-state index in [2.05, 4.69) is 5.32 Å². The van der Waals surface area contributed by atoms with Gasteiger partial charge in [-0.1, -0.05) is 29.3 Å². The third-order valence-electron chi connectivity index (χ3n) is 2.87. The van der Waals surface area contributed by atoms with Crippen LogP contribution in [-0.2, 0) is 0 Å². The van der Waals surface area contributed by atoms with Crippen LogP contribution in [0, 0.1) is 5.92 Å². The molecule has 4 heteroatoms. The number of nitrogens with one attached hydrogen (secondary N) is 1. The average molecular weight is 260 g/mol. The van der Waals surface area contributed by atoms with E-state index in [0.717, 1.165) is 18.0 Å². The first kappa shape index (κ1) is 12.2. The second-order valence-electron chi connectivity index (χ2n) is 4.25. The smallest absolute Gasteiger partial charge is 0.0627 e. The van der Waals surface area contributed by atoms with Crippen LogP contribution in [0.25, 0.3) is 0 Å². The van der Waals surface area contributed by atoms with Gasteiger partial charge >= 0.3 is 0 Å². The maximum atomic E-state index is 9.35. The lowest BCUT2D eigenvalue weighted by atomic mass is 10.1. The van der Waals surface area contributed by atoms with E-state index >= 15 is 0 Å². The summed E-state index contributed by atoms with van der Waals surface area (Å²) in [4.78, 5) is 0. The lowest BCUT2D eigenvalue weighted by molar-refractivity contribution is 0.243. The molecule has 1 saturated carbocycles. The summed E-state index contributed by atoms with van der Waals surface area (Å²) < 4.78 is 0. The molecule has 1 aliphatic rings. The van der Waals surface area contributed by atoms with Gasteiger partial charge in [0.05, 0.1) is 12.6 Å². The van der Waals surface area contributed by atoms with E-state index in [9.17, 15) is 5.11 Å². The van der Waals surface area contributed by atoms with Crippen LogP contribution in [0.4, 0.5) is 0 Å². The lowest BCUT2D eigenvalue weighted by Crippen LogP contribution is -2.26. The summed E-state index contributed by atoms with van der Waals surface area (Å²) in [7, 11) is 0. The molecule has 0 radical (unpaired) electrons. The van der Waals surface area contributed by atoms with Crippen molar-refractivity contribution >= 4 is 23.2 Å². The number of benzene rings is 1. The Bertz CT molecular complexity index is 366. The van der Waals surface area contributed by atoms with Crippen molar-refractivity contribution in [3.8, 4) is 0 Å². The van der Waals surface area contributed by atoms with Crippen molar-refractivity contribution in [2.75, 3.05) is 13.2 Å². The van der Waals surface area contributed by atoms with Crippen LogP contribution in [0.2, 0.25) is 10.0 Å². The number of halogens is 2. The van der Waals surface area contributed by atoms with Gasteiger partial charge < -0.3 is 10.4 Å². The molecular weight excluding hydrogens is 245 g/mol. The predicted molar refractivity (Wildman–Crippen MR) is 67.0 cm³/mol. The Morgan fingerprint density at radius 1 is 1.38 bits per heavy atom. The standard InChI is InChI=1S/C12H15Cl2NO/c13-9-3-4-10(11(14)5-9)12(7-16)15-6-8-1-2-8/h3-5,8,12,15-16H,1-2,6-7H2. The Morgan fingerprint density at radius 2 is 2.12 bits per heavy atom. The van der Waals surface area contributed by atoms with E-state index < -0.39 is 0 Å². The minimum atomic E-state index is -0.0923. The second-order valence-corrected chi connectivity index (χ2v) is 5.10. The molecule has 1 unspecified atom stereocenters. The second kappa shape index (κ2) is 5.37. The molecule has 0 amide bonds. The van der Waals surface area contributed by atoms with E-state index in [1.54, 1.807) is 12.1 Å². The molecule has 0 heterocycles. The molecule has 0 saturated heterocycles. The topological polar surface area (TPSA) is 32.3 Å². The molecule has 2 N–H and O–H groups in total. The van der Waals surface area contributed by atoms with Crippen molar-refractivity contribution in [1.82, 2.24) is 5.32 Å². The van der Waals surface area contributed by atoms with Gasteiger partial charge in [0.25, 0.3) is 0 Å². The zero-order chi connectivity index (χ0) is 11.5. The minimum Gasteiger partial charge on any atom is -0.394 e. The SMILES string of the molecule is OCC(NCC1CC1)c1ccc(Cl)cc1Cl. The predicted octanol–water partition coefficient (Wildman–Crippen LogP) is 3.03. The molecule has 1 aromatic rings. The summed E-state index contributed by atoms with van der Waals surface area (Å²) in [6.45, 7) is 0.998. The average Bonchev–Trinajstić information content (AvgIpc) is 3.05. The van der Waals surface area contributed by atoms with Gasteiger partial charge in [0, 0.05) is 10.0 Å². The molecule has 2 rings (SSSR count). The molecule has 88 valence electrons. The fourth-order valence-electron chi connectivity index (χ4n) is 1.69. The van der Waals surface area contributed by atoms with Gasteiger partial charge in [-0.3, -0.25) is 0 Å². The Kier molecular flexibility index (Phi) is 4.09. The van der Waals surface area contributed by atoms with Crippen molar-refractivity contribution in [2.24, 2.45) is 5.92 Å². The van der Waals surface area contributed by atoms with E-state index in [1.807, 2.05) is 6.07 Å². The van der Waals surface area contributed by atoms with Crippen molar-refractivity contribution in [1.29, 1.82) is 0 Å². The summed E-state index contributed by atoms with van der Waals surface area (Å²) in [5.74, 6) is 0.778. The molecule has 0 aromatic heterocycles. The van der Waals surface area contributed by atoms with Crippen LogP contribution in [0.15, 0.2) is 18.2 Å². The number of hydrogen-bond donors (Lipinski definition) is 2. The number of hydrogen-bond acceptors (Lipinski definition) is 2. The molecule has 1 atom stereocenters. The van der Waals surface area contributed by atoms with E-state index in [-0.39, 0.29) is 12.6 Å². The van der Waals surface area contributed by atoms with Crippen molar-refractivity contribution in [3.05, 3.63) is 33.8 Å². The summed E-state index contributed by atoms with van der Waals surface area (Å²) in [6.07, 6.45) is 2.58. The molecule has 1 aliphatic carbocycles. The van der Waals surface area contributed by atoms with E-state index in [1.165, 1.54) is 12.8 Å². The highest BCUT2D eigenvalue weighted by molar-refractivity contribution is 6.35. The molecule has 0 aliphatic heterocycles. The summed E-state index contributed by atoms with van der Waals surface area (Å²) >= 11 is 11.9. The van der Waals surface area contributed by atoms with Crippen molar-refractivity contribution < 1.29 is 5.11 Å². The molecule has 2 nitrogen and oxygen atoms in total. The van der Waals surface area contributed by atoms with Gasteiger partial charge in [-0.15, -0.1) is 0 Å². The van der Waals surface area contributed by atoms with Gasteiger partial charge in [0.1, 0.15) is 0 Å². The summed E-state index contributed by atoms with van der Waals surface area (Å²) in [6, 6.07) is 5.28. The zero-order valence-corrected chi connectivity index (χ0v) is 10.4. The summed E-state index contributed by atoms with van der Waals surface area (Å²) in [5, 5.41) is 13.9. The van der Waals surface area contributed by atoms with E-state index in [0.29, 0.717) is 10.0 Å². The van der Waals surface area contributed by atoms with Crippen LogP contribution in [0.1, 0.15) is 24.4 Å². The number of aliphatic hydroxyl groups is 1. The van der Waals surface area contributed by atoms with Gasteiger partial charge in [0.15, 0.2) is 0 Å². The highest BCUT2D eigenvalue weighted by Crippen LogP contribution is 2.30. The Morgan fingerprint density at radius 3 is 2.69 bits per heavy atom. The Hall–Kier alpha value is -0.280. The Labute approximate surface area is 106 Å². The molecule has 1 fully saturated rings. The normalized spacial score (nSPS) is 17.4. The maximum Gasteiger partial charge on any atom is 0.0627 e. The first-order valence-corrected chi connectivity index (χ1v) is 6.25. The van der Waals surface area contributed by atoms with Gasteiger partial charge in [-0.25, -0.2) is 0 Å². The highest BCUT2D eigenvalue weighted by Gasteiger charge is 2.23. The highest BCUT2D eigenvalue weighted by atomic mass is 35.5. The number of rotatable bonds is 5. The van der Waals surface area contributed by atoms with Crippen molar-refractivity contribution in [2.45, 2.75) is 18.9 Å². The molecule has 0 bridgehead atoms. The van der Waals surface area contributed by atoms with E-state index in [4.69, 9.17) is 23.2 Å². The third-order valence-corrected chi connectivity index (χ3v) is 3.43. The molecule has 1 aromatic carbocycles. The fraction of sp³-hybridized carbons (Fsp3) is 0.500. The maximum absolute atomic E-state index is 9.35. The molecular formula is C12H15Cl2NO. The van der Waals surface area contributed by atoms with Gasteiger partial charge in [-0.05, 0) is 43.0 Å². The van der Waals surface area contributed by atoms with Gasteiger partial charge in [-0.2, -0.15) is 0 Å². The quantitative estimate of drug-likeness (QED) is 0.852. The Balaban J connectivity index is 2.05. The third kappa shape index (κ3) is 3.11. The van der Waals surface area contributed by atoms with Crippen molar-refractivity contribution in [3.63, 3.8) is 0 Å². The zero-order valence-electron chi connectivity index (χ0n) is 8.92. The van der Waals surface area contributed by atoms with Crippen LogP contribution in [0.3, 0.4) is 0 Å². The van der Waals surface area contributed by atoms with Gasteiger partial charge in [0.2, 0.25) is 0 Å². The molecule has 16 heavy (non-hydrogen) atoms. The first-order valence-electron chi connectivity index (χ1n) is 5.50. The van der Waals surface area contributed by atoms with Crippen LogP contribution in [-0.4, -0.2) is 18.3 Å². The van der Waals surface area contributed by atoms with Crippen LogP contribution >= 0.6 is 23.2 Å². The fourth-order valence-corrected chi connectivity index (χ4v) is 2.23. The van der Waals surface area contributed by atoms with Crippen LogP contribution < -0.4 is 5.32 Å². The van der Waals surface area contributed by atoms with Crippen LogP contribution in [0.5, 0.6) is 0 Å². The lowest BCUT2D eigenvalue weighted by Gasteiger charge is -2.18.